The van der Waals surface area contributed by atoms with E-state index < -0.39 is 17.7 Å². The molecule has 1 N–H and O–H groups in total. The number of amides is 1. The summed E-state index contributed by atoms with van der Waals surface area (Å²) in [6.45, 7) is 2.59. The van der Waals surface area contributed by atoms with E-state index in [-0.39, 0.29) is 11.3 Å². The molecule has 1 aliphatic heterocycles. The van der Waals surface area contributed by atoms with Gasteiger partial charge >= 0.3 is 5.91 Å². The van der Waals surface area contributed by atoms with Crippen LogP contribution in [-0.2, 0) is 15.3 Å². The van der Waals surface area contributed by atoms with Gasteiger partial charge in [0.25, 0.3) is 5.78 Å². The lowest BCUT2D eigenvalue weighted by atomic mass is 9.95. The van der Waals surface area contributed by atoms with Crippen LogP contribution in [-0.4, -0.2) is 33.6 Å². The minimum atomic E-state index is -0.876. The first-order chi connectivity index (χ1) is 19.0. The number of Topliss-reactive ketones (excluding diaryl/α,β-unsaturated/α-hetero) is 1. The van der Waals surface area contributed by atoms with Crippen molar-refractivity contribution in [3.63, 3.8) is 0 Å². The second kappa shape index (κ2) is 12.1. The number of aliphatic hydroxyl groups excluding tert-OH is 1. The van der Waals surface area contributed by atoms with Crippen LogP contribution >= 0.6 is 39.0 Å². The van der Waals surface area contributed by atoms with Crippen LogP contribution in [0, 0.1) is 0 Å². The maximum absolute atomic E-state index is 13.4. The number of ketones is 1. The number of aromatic nitrogens is 2. The summed E-state index contributed by atoms with van der Waals surface area (Å²) in [6, 6.07) is 23.2. The zero-order valence-corrected chi connectivity index (χ0v) is 24.1. The predicted octanol–water partition coefficient (Wildman–Crippen LogP) is 7.01. The van der Waals surface area contributed by atoms with Gasteiger partial charge in [-0.25, -0.2) is 0 Å². The van der Waals surface area contributed by atoms with Crippen molar-refractivity contribution in [2.24, 2.45) is 0 Å². The molecule has 10 heteroatoms. The lowest BCUT2D eigenvalue weighted by molar-refractivity contribution is -0.132. The van der Waals surface area contributed by atoms with E-state index in [1.165, 1.54) is 28.0 Å². The van der Waals surface area contributed by atoms with Crippen molar-refractivity contribution in [1.82, 2.24) is 10.2 Å². The largest absolute Gasteiger partial charge is 0.507 e. The molecule has 4 aromatic rings. The molecule has 7 nitrogen and oxygen atoms in total. The van der Waals surface area contributed by atoms with Gasteiger partial charge in [0.05, 0.1) is 18.2 Å². The Morgan fingerprint density at radius 1 is 1.05 bits per heavy atom. The van der Waals surface area contributed by atoms with Crippen molar-refractivity contribution in [2.75, 3.05) is 11.5 Å². The number of carbonyl (C=O) groups is 2. The monoisotopic (exact) mass is 621 g/mol. The second-order valence-electron chi connectivity index (χ2n) is 8.72. The van der Waals surface area contributed by atoms with Crippen molar-refractivity contribution in [1.29, 1.82) is 0 Å². The lowest BCUT2D eigenvalue weighted by Gasteiger charge is -2.22. The van der Waals surface area contributed by atoms with E-state index in [9.17, 15) is 14.7 Å². The lowest BCUT2D eigenvalue weighted by Crippen LogP contribution is -2.29. The zero-order chi connectivity index (χ0) is 27.4. The second-order valence-corrected chi connectivity index (χ2v) is 11.8. The van der Waals surface area contributed by atoms with Gasteiger partial charge in [0, 0.05) is 15.8 Å². The van der Waals surface area contributed by atoms with Gasteiger partial charge in [-0.1, -0.05) is 88.4 Å². The highest BCUT2D eigenvalue weighted by atomic mass is 79.9. The van der Waals surface area contributed by atoms with E-state index in [0.717, 1.165) is 16.5 Å². The Balaban J connectivity index is 1.52. The van der Waals surface area contributed by atoms with Crippen LogP contribution in [0.5, 0.6) is 5.75 Å². The Bertz CT molecular complexity index is 1520. The molecule has 2 heterocycles. The van der Waals surface area contributed by atoms with E-state index in [0.29, 0.717) is 38.7 Å². The molecule has 0 radical (unpaired) electrons. The minimum absolute atomic E-state index is 0.00554. The fourth-order valence-corrected chi connectivity index (χ4v) is 6.42. The maximum atomic E-state index is 13.4. The molecule has 1 amide bonds. The number of benzene rings is 3. The van der Waals surface area contributed by atoms with Gasteiger partial charge in [-0.15, -0.1) is 10.2 Å². The SMILES string of the molecule is CCCOc1ccc(/C(O)=C2\C(=O)C(=O)N(c3nnc(SCc4ccccc4)s3)C2c2cccc(Br)c2)cc1. The molecule has 1 aliphatic rings. The summed E-state index contributed by atoms with van der Waals surface area (Å²) in [4.78, 5) is 28.1. The van der Waals surface area contributed by atoms with Gasteiger partial charge in [0.1, 0.15) is 11.5 Å². The first-order valence-corrected chi connectivity index (χ1v) is 14.9. The number of hydrogen-bond acceptors (Lipinski definition) is 8. The van der Waals surface area contributed by atoms with E-state index in [1.54, 1.807) is 24.3 Å². The molecule has 0 saturated carbocycles. The third kappa shape index (κ3) is 5.93. The molecular formula is C29H24BrN3O4S2. The van der Waals surface area contributed by atoms with Crippen molar-refractivity contribution < 1.29 is 19.4 Å². The van der Waals surface area contributed by atoms with Crippen LogP contribution in [0.1, 0.15) is 36.1 Å². The van der Waals surface area contributed by atoms with Crippen LogP contribution in [0.4, 0.5) is 5.13 Å². The molecule has 1 unspecified atom stereocenters. The summed E-state index contributed by atoms with van der Waals surface area (Å²) in [6.07, 6.45) is 0.871. The normalized spacial score (nSPS) is 16.6. The Morgan fingerprint density at radius 2 is 1.82 bits per heavy atom. The van der Waals surface area contributed by atoms with Gasteiger partial charge < -0.3 is 9.84 Å². The standard InChI is InChI=1S/C29H24BrN3O4S2/c1-2-15-37-22-13-11-19(12-14-22)25(34)23-24(20-9-6-10-21(30)16-20)33(27(36)26(23)35)28-31-32-29(39-28)38-17-18-7-4-3-5-8-18/h3-14,16,24,34H,2,15,17H2,1H3/b25-23+. The molecule has 1 aromatic heterocycles. The Hall–Kier alpha value is -3.47. The third-order valence-electron chi connectivity index (χ3n) is 6.02. The van der Waals surface area contributed by atoms with Crippen LogP contribution < -0.4 is 9.64 Å². The number of carbonyl (C=O) groups excluding carboxylic acids is 2. The van der Waals surface area contributed by atoms with Crippen molar-refractivity contribution in [2.45, 2.75) is 29.5 Å². The molecule has 0 spiro atoms. The summed E-state index contributed by atoms with van der Waals surface area (Å²) in [5, 5.41) is 20.2. The quantitative estimate of drug-likeness (QED) is 0.0706. The molecule has 1 atom stereocenters. The molecular weight excluding hydrogens is 598 g/mol. The number of rotatable bonds is 9. The van der Waals surface area contributed by atoms with Gasteiger partial charge in [0.15, 0.2) is 4.34 Å². The molecule has 3 aromatic carbocycles. The summed E-state index contributed by atoms with van der Waals surface area (Å²) < 4.78 is 7.08. The minimum Gasteiger partial charge on any atom is -0.507 e. The smallest absolute Gasteiger partial charge is 0.301 e. The average molecular weight is 623 g/mol. The summed E-state index contributed by atoms with van der Waals surface area (Å²) >= 11 is 6.23. The van der Waals surface area contributed by atoms with Gasteiger partial charge in [-0.05, 0) is 53.9 Å². The molecule has 0 bridgehead atoms. The Labute approximate surface area is 242 Å². The summed E-state index contributed by atoms with van der Waals surface area (Å²) in [7, 11) is 0. The topological polar surface area (TPSA) is 92.6 Å². The molecule has 1 fully saturated rings. The van der Waals surface area contributed by atoms with Crippen molar-refractivity contribution in [3.05, 3.63) is 106 Å². The molecule has 198 valence electrons. The van der Waals surface area contributed by atoms with Crippen molar-refractivity contribution in [3.8, 4) is 5.75 Å². The average Bonchev–Trinajstić information content (AvgIpc) is 3.53. The third-order valence-corrected chi connectivity index (χ3v) is 8.64. The first kappa shape index (κ1) is 27.1. The molecule has 0 aliphatic carbocycles. The Kier molecular flexibility index (Phi) is 8.44. The van der Waals surface area contributed by atoms with Gasteiger partial charge in [0.2, 0.25) is 5.13 Å². The summed E-state index contributed by atoms with van der Waals surface area (Å²) in [5.41, 5.74) is 2.20. The number of ether oxygens (including phenoxy) is 1. The summed E-state index contributed by atoms with van der Waals surface area (Å²) in [5.74, 6) is -0.447. The number of nitrogens with zero attached hydrogens (tertiary/aromatic N) is 3. The van der Waals surface area contributed by atoms with Crippen LogP contribution in [0.15, 0.2) is 93.2 Å². The fraction of sp³-hybridized carbons (Fsp3) is 0.172. The molecule has 1 saturated heterocycles. The van der Waals surface area contributed by atoms with Crippen LogP contribution in [0.3, 0.4) is 0 Å². The van der Waals surface area contributed by atoms with E-state index in [4.69, 9.17) is 4.74 Å². The van der Waals surface area contributed by atoms with E-state index in [1.807, 2.05) is 61.5 Å². The zero-order valence-electron chi connectivity index (χ0n) is 20.9. The van der Waals surface area contributed by atoms with Gasteiger partial charge in [-0.2, -0.15) is 0 Å². The van der Waals surface area contributed by atoms with Crippen LogP contribution in [0.2, 0.25) is 0 Å². The Morgan fingerprint density at radius 3 is 2.54 bits per heavy atom. The number of halogens is 1. The molecule has 5 rings (SSSR count). The highest BCUT2D eigenvalue weighted by Crippen LogP contribution is 2.44. The number of hydrogen-bond donors (Lipinski definition) is 1. The number of thioether (sulfide) groups is 1. The van der Waals surface area contributed by atoms with Gasteiger partial charge in [-0.3, -0.25) is 14.5 Å². The maximum Gasteiger partial charge on any atom is 0.301 e. The predicted molar refractivity (Wildman–Crippen MR) is 157 cm³/mol. The highest BCUT2D eigenvalue weighted by molar-refractivity contribution is 9.10. The highest BCUT2D eigenvalue weighted by Gasteiger charge is 2.48. The first-order valence-electron chi connectivity index (χ1n) is 12.3. The van der Waals surface area contributed by atoms with E-state index in [2.05, 4.69) is 26.1 Å². The fourth-order valence-electron chi connectivity index (χ4n) is 4.18. The number of aliphatic hydroxyl groups is 1. The molecule has 39 heavy (non-hydrogen) atoms. The number of anilines is 1. The van der Waals surface area contributed by atoms with Crippen LogP contribution in [0.25, 0.3) is 5.76 Å². The van der Waals surface area contributed by atoms with Crippen molar-refractivity contribution >= 4 is 61.6 Å². The van der Waals surface area contributed by atoms with E-state index >= 15 is 0 Å².